The van der Waals surface area contributed by atoms with E-state index in [1.807, 2.05) is 42.7 Å². The van der Waals surface area contributed by atoms with Crippen molar-refractivity contribution >= 4 is 0 Å². The molecule has 1 atom stereocenters. The van der Waals surface area contributed by atoms with E-state index in [1.54, 1.807) is 6.07 Å². The molecule has 1 aromatic heterocycles. The third kappa shape index (κ3) is 2.31. The van der Waals surface area contributed by atoms with Gasteiger partial charge in [0.1, 0.15) is 0 Å². The summed E-state index contributed by atoms with van der Waals surface area (Å²) >= 11 is 0. The third-order valence-electron chi connectivity index (χ3n) is 3.07. The number of hydrogen-bond acceptors (Lipinski definition) is 1. The zero-order valence-electron chi connectivity index (χ0n) is 10.5. The van der Waals surface area contributed by atoms with Crippen LogP contribution >= 0.6 is 0 Å². The van der Waals surface area contributed by atoms with Crippen LogP contribution in [0.5, 0.6) is 0 Å². The second-order valence-electron chi connectivity index (χ2n) is 4.47. The summed E-state index contributed by atoms with van der Waals surface area (Å²) in [5.41, 5.74) is 3.25. The van der Waals surface area contributed by atoms with Crippen LogP contribution in [0.3, 0.4) is 0 Å². The fourth-order valence-electron chi connectivity index (χ4n) is 2.26. The molecule has 2 heteroatoms. The minimum Gasteiger partial charge on any atom is -0.306 e. The molecule has 0 aliphatic rings. The third-order valence-corrected chi connectivity index (χ3v) is 3.07. The predicted molar refractivity (Wildman–Crippen MR) is 70.4 cm³/mol. The van der Waals surface area contributed by atoms with Gasteiger partial charge in [0.2, 0.25) is 0 Å². The number of pyridine rings is 1. The molecule has 2 rings (SSSR count). The van der Waals surface area contributed by atoms with Crippen LogP contribution in [-0.4, -0.2) is 4.57 Å². The molecule has 0 saturated heterocycles. The largest absolute Gasteiger partial charge is 0.306 e. The molecule has 0 aliphatic heterocycles. The van der Waals surface area contributed by atoms with Gasteiger partial charge in [0, 0.05) is 11.8 Å². The summed E-state index contributed by atoms with van der Waals surface area (Å²) in [7, 11) is 0. The normalized spacial score (nSPS) is 12.4. The maximum absolute atomic E-state index is 12.0. The first-order valence-electron chi connectivity index (χ1n) is 5.84. The van der Waals surface area contributed by atoms with Crippen molar-refractivity contribution in [1.29, 1.82) is 0 Å². The Bertz CT molecular complexity index is 569. The van der Waals surface area contributed by atoms with E-state index in [9.17, 15) is 4.79 Å². The van der Waals surface area contributed by atoms with E-state index < -0.39 is 0 Å². The molecule has 0 unspecified atom stereocenters. The molecular formula is C15H17NO. The van der Waals surface area contributed by atoms with Crippen LogP contribution in [0, 0.1) is 13.8 Å². The van der Waals surface area contributed by atoms with E-state index in [-0.39, 0.29) is 11.6 Å². The van der Waals surface area contributed by atoms with Gasteiger partial charge in [0.15, 0.2) is 0 Å². The fraction of sp³-hybridized carbons (Fsp3) is 0.267. The molecule has 2 aromatic rings. The molecule has 1 aromatic carbocycles. The van der Waals surface area contributed by atoms with E-state index in [2.05, 4.69) is 19.1 Å². The van der Waals surface area contributed by atoms with E-state index >= 15 is 0 Å². The number of aromatic nitrogens is 1. The molecule has 0 N–H and O–H groups in total. The number of benzene rings is 1. The minimum atomic E-state index is 0.0684. The van der Waals surface area contributed by atoms with Crippen molar-refractivity contribution in [3.63, 3.8) is 0 Å². The Balaban J connectivity index is 2.52. The van der Waals surface area contributed by atoms with Crippen LogP contribution in [0.25, 0.3) is 0 Å². The van der Waals surface area contributed by atoms with E-state index in [0.717, 1.165) is 16.8 Å². The van der Waals surface area contributed by atoms with Gasteiger partial charge in [-0.05, 0) is 38.0 Å². The highest BCUT2D eigenvalue weighted by Gasteiger charge is 2.11. The van der Waals surface area contributed by atoms with Gasteiger partial charge in [-0.2, -0.15) is 0 Å². The quantitative estimate of drug-likeness (QED) is 0.772. The van der Waals surface area contributed by atoms with Crippen LogP contribution in [0.15, 0.2) is 47.3 Å². The van der Waals surface area contributed by atoms with Crippen molar-refractivity contribution in [1.82, 2.24) is 4.57 Å². The second-order valence-corrected chi connectivity index (χ2v) is 4.47. The standard InChI is InChI=1S/C15H17NO/c1-11-9-12(2)16(15(17)10-11)13(3)14-7-5-4-6-8-14/h4-10,13H,1-3H3/t13-/m0/s1. The fourth-order valence-corrected chi connectivity index (χ4v) is 2.26. The smallest absolute Gasteiger partial charge is 0.251 e. The van der Waals surface area contributed by atoms with Crippen molar-refractivity contribution in [2.75, 3.05) is 0 Å². The van der Waals surface area contributed by atoms with Crippen LogP contribution in [0.2, 0.25) is 0 Å². The van der Waals surface area contributed by atoms with E-state index in [1.165, 1.54) is 0 Å². The molecule has 0 spiro atoms. The summed E-state index contributed by atoms with van der Waals surface area (Å²) in [6.45, 7) is 5.98. The molecule has 0 radical (unpaired) electrons. The average Bonchev–Trinajstić information content (AvgIpc) is 2.28. The molecule has 2 nitrogen and oxygen atoms in total. The lowest BCUT2D eigenvalue weighted by molar-refractivity contribution is 0.596. The monoisotopic (exact) mass is 227 g/mol. The average molecular weight is 227 g/mol. The molecule has 0 aliphatic carbocycles. The number of hydrogen-bond donors (Lipinski definition) is 0. The molecule has 1 heterocycles. The van der Waals surface area contributed by atoms with Crippen LogP contribution in [0.1, 0.15) is 29.8 Å². The Labute approximate surface area is 102 Å². The Hall–Kier alpha value is -1.83. The molecule has 88 valence electrons. The van der Waals surface area contributed by atoms with Crippen LogP contribution < -0.4 is 5.56 Å². The highest BCUT2D eigenvalue weighted by Crippen LogP contribution is 2.17. The van der Waals surface area contributed by atoms with Crippen LogP contribution in [0.4, 0.5) is 0 Å². The number of aryl methyl sites for hydroxylation is 2. The van der Waals surface area contributed by atoms with Gasteiger partial charge in [-0.3, -0.25) is 4.79 Å². The maximum Gasteiger partial charge on any atom is 0.251 e. The summed E-state index contributed by atoms with van der Waals surface area (Å²) in [4.78, 5) is 12.0. The Morgan fingerprint density at radius 3 is 2.29 bits per heavy atom. The van der Waals surface area contributed by atoms with E-state index in [4.69, 9.17) is 0 Å². The summed E-state index contributed by atoms with van der Waals surface area (Å²) < 4.78 is 1.84. The zero-order valence-corrected chi connectivity index (χ0v) is 10.5. The summed E-state index contributed by atoms with van der Waals surface area (Å²) in [6, 6.07) is 13.9. The zero-order chi connectivity index (χ0) is 12.4. The summed E-state index contributed by atoms with van der Waals surface area (Å²) in [5, 5.41) is 0. The van der Waals surface area contributed by atoms with Crippen molar-refractivity contribution in [3.8, 4) is 0 Å². The lowest BCUT2D eigenvalue weighted by atomic mass is 10.1. The lowest BCUT2D eigenvalue weighted by Gasteiger charge is -2.18. The van der Waals surface area contributed by atoms with Gasteiger partial charge in [0.05, 0.1) is 6.04 Å². The lowest BCUT2D eigenvalue weighted by Crippen LogP contribution is -2.25. The molecule has 0 bridgehead atoms. The highest BCUT2D eigenvalue weighted by molar-refractivity contribution is 5.23. The predicted octanol–water partition coefficient (Wildman–Crippen LogP) is 3.07. The topological polar surface area (TPSA) is 22.0 Å². The van der Waals surface area contributed by atoms with Gasteiger partial charge < -0.3 is 4.57 Å². The second kappa shape index (κ2) is 4.58. The van der Waals surface area contributed by atoms with Gasteiger partial charge >= 0.3 is 0 Å². The molecule has 0 amide bonds. The maximum atomic E-state index is 12.0. The highest BCUT2D eigenvalue weighted by atomic mass is 16.1. The molecule has 0 fully saturated rings. The van der Waals surface area contributed by atoms with Gasteiger partial charge in [-0.15, -0.1) is 0 Å². The Morgan fingerprint density at radius 2 is 1.71 bits per heavy atom. The summed E-state index contributed by atoms with van der Waals surface area (Å²) in [5.74, 6) is 0. The van der Waals surface area contributed by atoms with E-state index in [0.29, 0.717) is 0 Å². The van der Waals surface area contributed by atoms with Crippen LogP contribution in [-0.2, 0) is 0 Å². The first-order chi connectivity index (χ1) is 8.09. The van der Waals surface area contributed by atoms with Crippen molar-refractivity contribution in [2.45, 2.75) is 26.8 Å². The molecular weight excluding hydrogens is 210 g/mol. The Morgan fingerprint density at radius 1 is 1.06 bits per heavy atom. The van der Waals surface area contributed by atoms with Gasteiger partial charge in [-0.1, -0.05) is 30.3 Å². The first kappa shape index (κ1) is 11.6. The SMILES string of the molecule is Cc1cc(C)n([C@@H](C)c2ccccc2)c(=O)c1. The van der Waals surface area contributed by atoms with Crippen molar-refractivity contribution < 1.29 is 0 Å². The summed E-state index contributed by atoms with van der Waals surface area (Å²) in [6.07, 6.45) is 0. The van der Waals surface area contributed by atoms with Gasteiger partial charge in [-0.25, -0.2) is 0 Å². The van der Waals surface area contributed by atoms with Crippen molar-refractivity contribution in [2.24, 2.45) is 0 Å². The number of nitrogens with zero attached hydrogens (tertiary/aromatic N) is 1. The number of rotatable bonds is 2. The van der Waals surface area contributed by atoms with Gasteiger partial charge in [0.25, 0.3) is 5.56 Å². The first-order valence-corrected chi connectivity index (χ1v) is 5.84. The minimum absolute atomic E-state index is 0.0684. The molecule has 17 heavy (non-hydrogen) atoms. The Kier molecular flexibility index (Phi) is 3.14. The van der Waals surface area contributed by atoms with Crippen molar-refractivity contribution in [3.05, 3.63) is 69.6 Å². The molecule has 0 saturated carbocycles.